The molecular weight excluding hydrogens is 392 g/mol. The zero-order valence-electron chi connectivity index (χ0n) is 16.2. The van der Waals surface area contributed by atoms with E-state index in [1.54, 1.807) is 67.8 Å². The van der Waals surface area contributed by atoms with Gasteiger partial charge < -0.3 is 14.2 Å². The second-order valence-corrected chi connectivity index (χ2v) is 6.54. The number of hydrogen-bond donors (Lipinski definition) is 0. The topological polar surface area (TPSA) is 60.9 Å². The minimum Gasteiger partial charge on any atom is -0.493 e. The van der Waals surface area contributed by atoms with Gasteiger partial charge in [0.25, 0.3) is 5.91 Å². The molecule has 0 unspecified atom stereocenters. The average Bonchev–Trinajstić information content (AvgIpc) is 2.76. The molecule has 6 nitrogen and oxygen atoms in total. The summed E-state index contributed by atoms with van der Waals surface area (Å²) in [4.78, 5) is 18.8. The molecule has 0 saturated carbocycles. The van der Waals surface area contributed by atoms with Gasteiger partial charge in [-0.05, 0) is 48.0 Å². The normalized spacial score (nSPS) is 10.3. The second kappa shape index (κ2) is 9.80. The Labute approximate surface area is 174 Å². The number of halogens is 1. The van der Waals surface area contributed by atoms with Gasteiger partial charge in [0.15, 0.2) is 18.1 Å². The van der Waals surface area contributed by atoms with Crippen molar-refractivity contribution in [1.82, 2.24) is 4.98 Å². The van der Waals surface area contributed by atoms with E-state index in [0.717, 1.165) is 5.56 Å². The van der Waals surface area contributed by atoms with E-state index in [1.165, 1.54) is 0 Å². The van der Waals surface area contributed by atoms with Crippen molar-refractivity contribution >= 4 is 23.3 Å². The lowest BCUT2D eigenvalue weighted by atomic mass is 10.2. The summed E-state index contributed by atoms with van der Waals surface area (Å²) in [6, 6.07) is 17.8. The summed E-state index contributed by atoms with van der Waals surface area (Å²) >= 11 is 5.97. The molecule has 1 heterocycles. The van der Waals surface area contributed by atoms with Crippen LogP contribution < -0.4 is 19.1 Å². The summed E-state index contributed by atoms with van der Waals surface area (Å²) in [5.41, 5.74) is 0.865. The standard InChI is InChI=1S/C22H21ClN2O4/c1-27-19-10-9-16(12-20(19)28-2)14-25(21-8-3-4-11-24-21)22(26)15-29-18-7-5-6-17(23)13-18/h3-13H,14-15H2,1-2H3. The Bertz CT molecular complexity index is 966. The van der Waals surface area contributed by atoms with Crippen molar-refractivity contribution in [3.63, 3.8) is 0 Å². The van der Waals surface area contributed by atoms with E-state index in [4.69, 9.17) is 25.8 Å². The van der Waals surface area contributed by atoms with E-state index >= 15 is 0 Å². The fourth-order valence-electron chi connectivity index (χ4n) is 2.75. The maximum absolute atomic E-state index is 13.0. The Kier molecular flexibility index (Phi) is 6.92. The number of hydrogen-bond acceptors (Lipinski definition) is 5. The number of amides is 1. The lowest BCUT2D eigenvalue weighted by molar-refractivity contribution is -0.120. The summed E-state index contributed by atoms with van der Waals surface area (Å²) in [6.07, 6.45) is 1.64. The maximum atomic E-state index is 13.0. The van der Waals surface area contributed by atoms with E-state index in [2.05, 4.69) is 4.98 Å². The molecule has 0 fully saturated rings. The van der Waals surface area contributed by atoms with Gasteiger partial charge in [0.05, 0.1) is 20.8 Å². The van der Waals surface area contributed by atoms with Crippen LogP contribution in [0.2, 0.25) is 5.02 Å². The van der Waals surface area contributed by atoms with Gasteiger partial charge in [-0.25, -0.2) is 4.98 Å². The lowest BCUT2D eigenvalue weighted by Gasteiger charge is -2.22. The SMILES string of the molecule is COc1ccc(CN(C(=O)COc2cccc(Cl)c2)c2ccccn2)cc1OC. The van der Waals surface area contributed by atoms with Gasteiger partial charge in [0.1, 0.15) is 11.6 Å². The lowest BCUT2D eigenvalue weighted by Crippen LogP contribution is -2.35. The predicted octanol–water partition coefficient (Wildman–Crippen LogP) is 4.36. The summed E-state index contributed by atoms with van der Waals surface area (Å²) in [5, 5.41) is 0.543. The van der Waals surface area contributed by atoms with Crippen molar-refractivity contribution in [2.45, 2.75) is 6.54 Å². The van der Waals surface area contributed by atoms with Crippen LogP contribution in [0.15, 0.2) is 66.9 Å². The summed E-state index contributed by atoms with van der Waals surface area (Å²) in [5.74, 6) is 2.03. The Morgan fingerprint density at radius 3 is 2.52 bits per heavy atom. The van der Waals surface area contributed by atoms with Gasteiger partial charge in [0.2, 0.25) is 0 Å². The third-order valence-electron chi connectivity index (χ3n) is 4.17. The van der Waals surface area contributed by atoms with Gasteiger partial charge in [-0.1, -0.05) is 29.8 Å². The van der Waals surface area contributed by atoms with Crippen molar-refractivity contribution in [2.24, 2.45) is 0 Å². The smallest absolute Gasteiger partial charge is 0.266 e. The zero-order valence-corrected chi connectivity index (χ0v) is 16.9. The fourth-order valence-corrected chi connectivity index (χ4v) is 2.93. The van der Waals surface area contributed by atoms with Gasteiger partial charge in [-0.2, -0.15) is 0 Å². The first-order valence-electron chi connectivity index (χ1n) is 8.91. The van der Waals surface area contributed by atoms with E-state index in [1.807, 2.05) is 18.2 Å². The molecule has 0 radical (unpaired) electrons. The minimum atomic E-state index is -0.238. The molecule has 0 bridgehead atoms. The van der Waals surface area contributed by atoms with Crippen LogP contribution in [-0.2, 0) is 11.3 Å². The van der Waals surface area contributed by atoms with Gasteiger partial charge in [-0.3, -0.25) is 9.69 Å². The molecule has 0 N–H and O–H groups in total. The molecule has 2 aromatic carbocycles. The zero-order chi connectivity index (χ0) is 20.6. The summed E-state index contributed by atoms with van der Waals surface area (Å²) in [7, 11) is 3.15. The van der Waals surface area contributed by atoms with Crippen molar-refractivity contribution in [1.29, 1.82) is 0 Å². The third-order valence-corrected chi connectivity index (χ3v) is 4.41. The Balaban J connectivity index is 1.80. The average molecular weight is 413 g/mol. The molecule has 29 heavy (non-hydrogen) atoms. The van der Waals surface area contributed by atoms with Crippen LogP contribution in [0.4, 0.5) is 5.82 Å². The van der Waals surface area contributed by atoms with Crippen LogP contribution in [0.1, 0.15) is 5.56 Å². The largest absolute Gasteiger partial charge is 0.493 e. The van der Waals surface area contributed by atoms with E-state index in [0.29, 0.717) is 34.6 Å². The molecule has 3 rings (SSSR count). The molecule has 0 saturated heterocycles. The predicted molar refractivity (Wildman–Crippen MR) is 112 cm³/mol. The van der Waals surface area contributed by atoms with Crippen LogP contribution in [0.3, 0.4) is 0 Å². The number of anilines is 1. The molecular formula is C22H21ClN2O4. The monoisotopic (exact) mass is 412 g/mol. The molecule has 0 spiro atoms. The molecule has 0 atom stereocenters. The molecule has 0 aliphatic rings. The molecule has 0 aliphatic carbocycles. The quantitative estimate of drug-likeness (QED) is 0.550. The number of pyridine rings is 1. The molecule has 1 aromatic heterocycles. The molecule has 150 valence electrons. The number of carbonyl (C=O) groups excluding carboxylic acids is 1. The number of rotatable bonds is 8. The van der Waals surface area contributed by atoms with Crippen LogP contribution in [-0.4, -0.2) is 31.7 Å². The van der Waals surface area contributed by atoms with E-state index in [9.17, 15) is 4.79 Å². The van der Waals surface area contributed by atoms with Crippen molar-refractivity contribution in [3.8, 4) is 17.2 Å². The van der Waals surface area contributed by atoms with Gasteiger partial charge in [-0.15, -0.1) is 0 Å². The van der Waals surface area contributed by atoms with Gasteiger partial charge in [0, 0.05) is 11.2 Å². The summed E-state index contributed by atoms with van der Waals surface area (Å²) < 4.78 is 16.3. The fraction of sp³-hybridized carbons (Fsp3) is 0.182. The third kappa shape index (κ3) is 5.39. The Morgan fingerprint density at radius 1 is 1.00 bits per heavy atom. The first-order valence-corrected chi connectivity index (χ1v) is 9.29. The molecule has 7 heteroatoms. The highest BCUT2D eigenvalue weighted by Crippen LogP contribution is 2.28. The van der Waals surface area contributed by atoms with Crippen LogP contribution in [0.5, 0.6) is 17.2 Å². The van der Waals surface area contributed by atoms with E-state index < -0.39 is 0 Å². The number of methoxy groups -OCH3 is 2. The highest BCUT2D eigenvalue weighted by molar-refractivity contribution is 6.30. The summed E-state index contributed by atoms with van der Waals surface area (Å²) in [6.45, 7) is 0.152. The number of carbonyl (C=O) groups is 1. The number of ether oxygens (including phenoxy) is 3. The van der Waals surface area contributed by atoms with Gasteiger partial charge >= 0.3 is 0 Å². The molecule has 3 aromatic rings. The number of nitrogens with zero attached hydrogens (tertiary/aromatic N) is 2. The van der Waals surface area contributed by atoms with E-state index in [-0.39, 0.29) is 12.5 Å². The van der Waals surface area contributed by atoms with Crippen LogP contribution in [0.25, 0.3) is 0 Å². The van der Waals surface area contributed by atoms with Crippen LogP contribution >= 0.6 is 11.6 Å². The highest BCUT2D eigenvalue weighted by Gasteiger charge is 2.19. The maximum Gasteiger partial charge on any atom is 0.266 e. The second-order valence-electron chi connectivity index (χ2n) is 6.10. The van der Waals surface area contributed by atoms with Crippen molar-refractivity contribution in [2.75, 3.05) is 25.7 Å². The van der Waals surface area contributed by atoms with Crippen molar-refractivity contribution in [3.05, 3.63) is 77.4 Å². The minimum absolute atomic E-state index is 0.149. The first-order chi connectivity index (χ1) is 14.1. The Hall–Kier alpha value is -3.25. The highest BCUT2D eigenvalue weighted by atomic mass is 35.5. The number of benzene rings is 2. The first kappa shape index (κ1) is 20.5. The van der Waals surface area contributed by atoms with Crippen LogP contribution in [0, 0.1) is 0 Å². The molecule has 0 aliphatic heterocycles. The number of aromatic nitrogens is 1. The van der Waals surface area contributed by atoms with Crippen molar-refractivity contribution < 1.29 is 19.0 Å². The Morgan fingerprint density at radius 2 is 1.83 bits per heavy atom. The molecule has 1 amide bonds.